The quantitative estimate of drug-likeness (QED) is 0.745. The molecule has 0 spiro atoms. The van der Waals surface area contributed by atoms with E-state index in [2.05, 4.69) is 41.3 Å². The van der Waals surface area contributed by atoms with Crippen molar-refractivity contribution < 1.29 is 4.79 Å². The number of thiazole rings is 1. The lowest BCUT2D eigenvalue weighted by atomic mass is 10.0. The molecule has 0 aliphatic heterocycles. The smallest absolute Gasteiger partial charge is 0.230 e. The summed E-state index contributed by atoms with van der Waals surface area (Å²) in [4.78, 5) is 20.9. The van der Waals surface area contributed by atoms with Gasteiger partial charge in [0.25, 0.3) is 0 Å². The van der Waals surface area contributed by atoms with Crippen LogP contribution in [0.2, 0.25) is 0 Å². The van der Waals surface area contributed by atoms with E-state index in [1.54, 1.807) is 6.20 Å². The molecule has 0 unspecified atom stereocenters. The number of hydrogen-bond donors (Lipinski definition) is 1. The van der Waals surface area contributed by atoms with Crippen molar-refractivity contribution in [1.82, 2.24) is 9.97 Å². The van der Waals surface area contributed by atoms with E-state index in [1.807, 2.05) is 35.7 Å². The van der Waals surface area contributed by atoms with Crippen LogP contribution in [0.3, 0.4) is 0 Å². The molecule has 122 valence electrons. The fraction of sp³-hybridized carbons (Fsp3) is 0.211. The standard InChI is InChI=1S/C19H19N3OS/c1-13(2)15-8-6-14(7-9-15)11-18(23)22-19-21-17(12-24-19)16-5-3-4-10-20-16/h3-10,12-13H,11H2,1-2H3,(H,21,22,23). The SMILES string of the molecule is CC(C)c1ccc(CC(=O)Nc2nc(-c3ccccn3)cs2)cc1. The highest BCUT2D eigenvalue weighted by molar-refractivity contribution is 7.14. The first kappa shape index (κ1) is 16.3. The molecule has 4 nitrogen and oxygen atoms in total. The molecule has 0 radical (unpaired) electrons. The van der Waals surface area contributed by atoms with Gasteiger partial charge in [-0.05, 0) is 29.2 Å². The van der Waals surface area contributed by atoms with Crippen LogP contribution in [0.4, 0.5) is 5.13 Å². The van der Waals surface area contributed by atoms with E-state index in [9.17, 15) is 4.79 Å². The normalized spacial score (nSPS) is 10.8. The summed E-state index contributed by atoms with van der Waals surface area (Å²) in [6, 6.07) is 13.9. The first-order valence-corrected chi connectivity index (χ1v) is 8.75. The minimum absolute atomic E-state index is 0.0609. The Morgan fingerprint density at radius 2 is 1.92 bits per heavy atom. The molecule has 0 aliphatic rings. The van der Waals surface area contributed by atoms with Crippen molar-refractivity contribution in [3.05, 3.63) is 65.2 Å². The number of hydrogen-bond acceptors (Lipinski definition) is 4. The highest BCUT2D eigenvalue weighted by atomic mass is 32.1. The summed E-state index contributed by atoms with van der Waals surface area (Å²) in [5, 5.41) is 5.35. The zero-order valence-electron chi connectivity index (χ0n) is 13.7. The van der Waals surface area contributed by atoms with E-state index in [1.165, 1.54) is 16.9 Å². The Bertz CT molecular complexity index is 810. The Morgan fingerprint density at radius 3 is 2.58 bits per heavy atom. The van der Waals surface area contributed by atoms with Crippen LogP contribution in [0.15, 0.2) is 54.0 Å². The van der Waals surface area contributed by atoms with Gasteiger partial charge in [-0.3, -0.25) is 9.78 Å². The fourth-order valence-corrected chi connectivity index (χ4v) is 3.05. The first-order valence-electron chi connectivity index (χ1n) is 7.87. The summed E-state index contributed by atoms with van der Waals surface area (Å²) in [6.07, 6.45) is 2.07. The van der Waals surface area contributed by atoms with Crippen molar-refractivity contribution >= 4 is 22.4 Å². The summed E-state index contributed by atoms with van der Waals surface area (Å²) < 4.78 is 0. The van der Waals surface area contributed by atoms with Crippen LogP contribution in [-0.2, 0) is 11.2 Å². The number of aromatic nitrogens is 2. The second kappa shape index (κ2) is 7.36. The van der Waals surface area contributed by atoms with Crippen molar-refractivity contribution in [2.45, 2.75) is 26.2 Å². The van der Waals surface area contributed by atoms with Crippen LogP contribution in [0.1, 0.15) is 30.9 Å². The van der Waals surface area contributed by atoms with Gasteiger partial charge >= 0.3 is 0 Å². The van der Waals surface area contributed by atoms with Gasteiger partial charge in [0, 0.05) is 11.6 Å². The molecule has 0 atom stereocenters. The monoisotopic (exact) mass is 337 g/mol. The summed E-state index contributed by atoms with van der Waals surface area (Å²) in [6.45, 7) is 4.31. The molecular weight excluding hydrogens is 318 g/mol. The lowest BCUT2D eigenvalue weighted by Crippen LogP contribution is -2.14. The van der Waals surface area contributed by atoms with Crippen LogP contribution in [0.25, 0.3) is 11.4 Å². The largest absolute Gasteiger partial charge is 0.302 e. The molecular formula is C19H19N3OS. The van der Waals surface area contributed by atoms with E-state index < -0.39 is 0 Å². The second-order valence-corrected chi connectivity index (χ2v) is 6.73. The minimum atomic E-state index is -0.0609. The van der Waals surface area contributed by atoms with Gasteiger partial charge in [-0.1, -0.05) is 44.2 Å². The second-order valence-electron chi connectivity index (χ2n) is 5.87. The molecule has 0 saturated heterocycles. The van der Waals surface area contributed by atoms with Crippen LogP contribution in [-0.4, -0.2) is 15.9 Å². The Morgan fingerprint density at radius 1 is 1.12 bits per heavy atom. The number of carbonyl (C=O) groups is 1. The van der Waals surface area contributed by atoms with Crippen molar-refractivity contribution in [2.75, 3.05) is 5.32 Å². The summed E-state index contributed by atoms with van der Waals surface area (Å²) in [5.41, 5.74) is 3.85. The lowest BCUT2D eigenvalue weighted by Gasteiger charge is -2.06. The molecule has 5 heteroatoms. The third-order valence-electron chi connectivity index (χ3n) is 3.69. The number of benzene rings is 1. The van der Waals surface area contributed by atoms with Crippen molar-refractivity contribution in [3.8, 4) is 11.4 Å². The zero-order valence-corrected chi connectivity index (χ0v) is 14.5. The van der Waals surface area contributed by atoms with Crippen LogP contribution in [0, 0.1) is 0 Å². The molecule has 1 amide bonds. The van der Waals surface area contributed by atoms with Crippen molar-refractivity contribution in [2.24, 2.45) is 0 Å². The summed E-state index contributed by atoms with van der Waals surface area (Å²) in [7, 11) is 0. The van der Waals surface area contributed by atoms with Gasteiger partial charge in [0.15, 0.2) is 5.13 Å². The van der Waals surface area contributed by atoms with Crippen molar-refractivity contribution in [1.29, 1.82) is 0 Å². The average molecular weight is 337 g/mol. The molecule has 2 heterocycles. The maximum atomic E-state index is 12.2. The molecule has 0 fully saturated rings. The van der Waals surface area contributed by atoms with Gasteiger partial charge < -0.3 is 5.32 Å². The van der Waals surface area contributed by atoms with Crippen LogP contribution >= 0.6 is 11.3 Å². The first-order chi connectivity index (χ1) is 11.6. The molecule has 24 heavy (non-hydrogen) atoms. The Kier molecular flexibility index (Phi) is 5.01. The Hall–Kier alpha value is -2.53. The fourth-order valence-electron chi connectivity index (χ4n) is 2.33. The van der Waals surface area contributed by atoms with Crippen LogP contribution < -0.4 is 5.32 Å². The number of pyridine rings is 1. The number of amides is 1. The maximum Gasteiger partial charge on any atom is 0.230 e. The van der Waals surface area contributed by atoms with Gasteiger partial charge in [-0.25, -0.2) is 4.98 Å². The number of anilines is 1. The Labute approximate surface area is 145 Å². The number of nitrogens with zero attached hydrogens (tertiary/aromatic N) is 2. The van der Waals surface area contributed by atoms with Gasteiger partial charge in [0.2, 0.25) is 5.91 Å². The van der Waals surface area contributed by atoms with Gasteiger partial charge in [0.05, 0.1) is 12.1 Å². The highest BCUT2D eigenvalue weighted by Crippen LogP contribution is 2.23. The summed E-state index contributed by atoms with van der Waals surface area (Å²) >= 11 is 1.41. The van der Waals surface area contributed by atoms with Crippen LogP contribution in [0.5, 0.6) is 0 Å². The zero-order chi connectivity index (χ0) is 16.9. The predicted octanol–water partition coefficient (Wildman–Crippen LogP) is 4.51. The third-order valence-corrected chi connectivity index (χ3v) is 4.45. The topological polar surface area (TPSA) is 54.9 Å². The molecule has 0 aliphatic carbocycles. The Balaban J connectivity index is 1.62. The molecule has 0 saturated carbocycles. The van der Waals surface area contributed by atoms with E-state index >= 15 is 0 Å². The number of carbonyl (C=O) groups excluding carboxylic acids is 1. The van der Waals surface area contributed by atoms with Gasteiger partial charge in [-0.15, -0.1) is 11.3 Å². The molecule has 1 aromatic carbocycles. The van der Waals surface area contributed by atoms with Gasteiger partial charge in [-0.2, -0.15) is 0 Å². The van der Waals surface area contributed by atoms with E-state index in [4.69, 9.17) is 0 Å². The summed E-state index contributed by atoms with van der Waals surface area (Å²) in [5.74, 6) is 0.433. The van der Waals surface area contributed by atoms with E-state index in [0.29, 0.717) is 17.5 Å². The molecule has 2 aromatic heterocycles. The molecule has 3 aromatic rings. The number of nitrogens with one attached hydrogen (secondary N) is 1. The van der Waals surface area contributed by atoms with E-state index in [-0.39, 0.29) is 5.91 Å². The van der Waals surface area contributed by atoms with Crippen molar-refractivity contribution in [3.63, 3.8) is 0 Å². The minimum Gasteiger partial charge on any atom is -0.302 e. The van der Waals surface area contributed by atoms with E-state index in [0.717, 1.165) is 17.0 Å². The average Bonchev–Trinajstić information content (AvgIpc) is 3.04. The lowest BCUT2D eigenvalue weighted by molar-refractivity contribution is -0.115. The van der Waals surface area contributed by atoms with Gasteiger partial charge in [0.1, 0.15) is 5.69 Å². The highest BCUT2D eigenvalue weighted by Gasteiger charge is 2.09. The molecule has 0 bridgehead atoms. The predicted molar refractivity (Wildman–Crippen MR) is 98.2 cm³/mol. The maximum absolute atomic E-state index is 12.2. The molecule has 1 N–H and O–H groups in total. The number of rotatable bonds is 5. The molecule has 3 rings (SSSR count). The third kappa shape index (κ3) is 4.06.